The maximum Gasteiger partial charge on any atom is 0.127 e. The summed E-state index contributed by atoms with van der Waals surface area (Å²) in [6.45, 7) is 0. The molecule has 2 aliphatic rings. The molecular formula is C14H18FN. The van der Waals surface area contributed by atoms with Crippen LogP contribution in [0.3, 0.4) is 0 Å². The minimum absolute atomic E-state index is 0.0259. The van der Waals surface area contributed by atoms with Gasteiger partial charge in [0.1, 0.15) is 5.82 Å². The van der Waals surface area contributed by atoms with Gasteiger partial charge < -0.3 is 5.73 Å². The molecule has 0 aliphatic heterocycles. The maximum atomic E-state index is 13.9. The number of hydrogen-bond donors (Lipinski definition) is 1. The molecule has 0 radical (unpaired) electrons. The molecule has 2 atom stereocenters. The van der Waals surface area contributed by atoms with Crippen LogP contribution in [0.15, 0.2) is 24.3 Å². The summed E-state index contributed by atoms with van der Waals surface area (Å²) in [4.78, 5) is 0. The summed E-state index contributed by atoms with van der Waals surface area (Å²) < 4.78 is 13.9. The summed E-state index contributed by atoms with van der Waals surface area (Å²) in [5, 5.41) is 0. The van der Waals surface area contributed by atoms with Gasteiger partial charge in [0.2, 0.25) is 0 Å². The second kappa shape index (κ2) is 3.56. The second-order valence-corrected chi connectivity index (χ2v) is 5.31. The fourth-order valence-electron chi connectivity index (χ4n) is 3.58. The van der Waals surface area contributed by atoms with Crippen molar-refractivity contribution in [1.82, 2.24) is 0 Å². The van der Waals surface area contributed by atoms with Crippen LogP contribution in [0.25, 0.3) is 0 Å². The standard InChI is InChI=1S/C14H18FN/c15-12-8-4-3-7-11(12)14(9-13(14)16)10-5-1-2-6-10/h3-4,7-8,10,13H,1-2,5-6,9,16H2/t13-,14?/m1/s1. The molecule has 2 N–H and O–H groups in total. The van der Waals surface area contributed by atoms with E-state index in [9.17, 15) is 4.39 Å². The third kappa shape index (κ3) is 1.32. The van der Waals surface area contributed by atoms with Crippen LogP contribution < -0.4 is 5.73 Å². The first kappa shape index (κ1) is 10.3. The van der Waals surface area contributed by atoms with E-state index in [2.05, 4.69) is 0 Å². The first-order valence-electron chi connectivity index (χ1n) is 6.26. The molecule has 0 amide bonds. The third-order valence-electron chi connectivity index (χ3n) is 4.52. The van der Waals surface area contributed by atoms with Crippen molar-refractivity contribution in [2.45, 2.75) is 43.6 Å². The fraction of sp³-hybridized carbons (Fsp3) is 0.571. The van der Waals surface area contributed by atoms with E-state index >= 15 is 0 Å². The van der Waals surface area contributed by atoms with Crippen molar-refractivity contribution in [2.75, 3.05) is 0 Å². The van der Waals surface area contributed by atoms with Crippen molar-refractivity contribution in [2.24, 2.45) is 11.7 Å². The Hall–Kier alpha value is -0.890. The van der Waals surface area contributed by atoms with E-state index in [0.29, 0.717) is 5.92 Å². The molecule has 2 heteroatoms. The van der Waals surface area contributed by atoms with E-state index in [4.69, 9.17) is 5.73 Å². The van der Waals surface area contributed by atoms with Crippen molar-refractivity contribution in [3.63, 3.8) is 0 Å². The van der Waals surface area contributed by atoms with Crippen LogP contribution in [0.2, 0.25) is 0 Å². The van der Waals surface area contributed by atoms with E-state index in [1.54, 1.807) is 12.1 Å². The Morgan fingerprint density at radius 3 is 2.38 bits per heavy atom. The van der Waals surface area contributed by atoms with Gasteiger partial charge in [0.15, 0.2) is 0 Å². The Morgan fingerprint density at radius 1 is 1.19 bits per heavy atom. The van der Waals surface area contributed by atoms with Crippen molar-refractivity contribution in [3.05, 3.63) is 35.6 Å². The van der Waals surface area contributed by atoms with Crippen molar-refractivity contribution in [3.8, 4) is 0 Å². The maximum absolute atomic E-state index is 13.9. The van der Waals surface area contributed by atoms with Crippen LogP contribution in [0.5, 0.6) is 0 Å². The molecule has 1 aromatic carbocycles. The molecule has 2 saturated carbocycles. The highest BCUT2D eigenvalue weighted by Gasteiger charge is 2.59. The molecule has 0 bridgehead atoms. The first-order valence-corrected chi connectivity index (χ1v) is 6.26. The number of benzene rings is 1. The minimum atomic E-state index is -0.0673. The summed E-state index contributed by atoms with van der Waals surface area (Å²) >= 11 is 0. The molecule has 2 aliphatic carbocycles. The van der Waals surface area contributed by atoms with Gasteiger partial charge >= 0.3 is 0 Å². The van der Waals surface area contributed by atoms with Crippen molar-refractivity contribution in [1.29, 1.82) is 0 Å². The third-order valence-corrected chi connectivity index (χ3v) is 4.52. The van der Waals surface area contributed by atoms with Crippen LogP contribution in [0.1, 0.15) is 37.7 Å². The summed E-state index contributed by atoms with van der Waals surface area (Å²) in [7, 11) is 0. The summed E-state index contributed by atoms with van der Waals surface area (Å²) in [6.07, 6.45) is 5.99. The molecule has 16 heavy (non-hydrogen) atoms. The topological polar surface area (TPSA) is 26.0 Å². The van der Waals surface area contributed by atoms with Gasteiger partial charge in [-0.15, -0.1) is 0 Å². The zero-order valence-electron chi connectivity index (χ0n) is 9.45. The largest absolute Gasteiger partial charge is 0.327 e. The quantitative estimate of drug-likeness (QED) is 0.813. The Bertz CT molecular complexity index is 397. The van der Waals surface area contributed by atoms with Gasteiger partial charge in [0.05, 0.1) is 0 Å². The van der Waals surface area contributed by atoms with Gasteiger partial charge in [-0.2, -0.15) is 0 Å². The Morgan fingerprint density at radius 2 is 1.81 bits per heavy atom. The van der Waals surface area contributed by atoms with E-state index in [1.165, 1.54) is 25.7 Å². The highest BCUT2D eigenvalue weighted by atomic mass is 19.1. The van der Waals surface area contributed by atoms with Crippen LogP contribution in [-0.2, 0) is 5.41 Å². The highest BCUT2D eigenvalue weighted by molar-refractivity contribution is 5.38. The van der Waals surface area contributed by atoms with Gasteiger partial charge in [0.25, 0.3) is 0 Å². The molecule has 0 heterocycles. The van der Waals surface area contributed by atoms with Crippen molar-refractivity contribution < 1.29 is 4.39 Å². The van der Waals surface area contributed by atoms with E-state index in [0.717, 1.165) is 12.0 Å². The lowest BCUT2D eigenvalue weighted by Crippen LogP contribution is -2.27. The number of hydrogen-bond acceptors (Lipinski definition) is 1. The van der Waals surface area contributed by atoms with Gasteiger partial charge in [-0.25, -0.2) is 4.39 Å². The second-order valence-electron chi connectivity index (χ2n) is 5.31. The van der Waals surface area contributed by atoms with E-state index in [-0.39, 0.29) is 17.3 Å². The molecule has 3 rings (SSSR count). The predicted octanol–water partition coefficient (Wildman–Crippen LogP) is 2.98. The average molecular weight is 219 g/mol. The zero-order valence-corrected chi connectivity index (χ0v) is 9.45. The lowest BCUT2D eigenvalue weighted by atomic mass is 9.80. The summed E-state index contributed by atoms with van der Waals surface area (Å²) in [5.41, 5.74) is 6.96. The number of halogens is 1. The van der Waals surface area contributed by atoms with Gasteiger partial charge in [-0.05, 0) is 36.8 Å². The Balaban J connectivity index is 1.99. The minimum Gasteiger partial charge on any atom is -0.327 e. The first-order chi connectivity index (χ1) is 7.75. The zero-order chi connectivity index (χ0) is 11.2. The SMILES string of the molecule is N[C@@H]1CC1(c1ccccc1F)C1CCCC1. The molecule has 86 valence electrons. The van der Waals surface area contributed by atoms with E-state index < -0.39 is 0 Å². The van der Waals surface area contributed by atoms with Crippen LogP contribution >= 0.6 is 0 Å². The summed E-state index contributed by atoms with van der Waals surface area (Å²) in [6, 6.07) is 7.36. The Kier molecular flexibility index (Phi) is 2.28. The van der Waals surface area contributed by atoms with Crippen LogP contribution in [0.4, 0.5) is 4.39 Å². The van der Waals surface area contributed by atoms with Gasteiger partial charge in [-0.3, -0.25) is 0 Å². The highest BCUT2D eigenvalue weighted by Crippen LogP contribution is 2.57. The molecule has 2 fully saturated rings. The smallest absolute Gasteiger partial charge is 0.127 e. The molecule has 1 unspecified atom stereocenters. The molecule has 1 nitrogen and oxygen atoms in total. The molecular weight excluding hydrogens is 201 g/mol. The Labute approximate surface area is 95.8 Å². The number of rotatable bonds is 2. The lowest BCUT2D eigenvalue weighted by Gasteiger charge is -2.24. The summed E-state index contributed by atoms with van der Waals surface area (Å²) in [5.74, 6) is 0.543. The van der Waals surface area contributed by atoms with Crippen molar-refractivity contribution >= 4 is 0 Å². The molecule has 0 spiro atoms. The van der Waals surface area contributed by atoms with Crippen LogP contribution in [-0.4, -0.2) is 6.04 Å². The lowest BCUT2D eigenvalue weighted by molar-refractivity contribution is 0.390. The molecule has 1 aromatic rings. The van der Waals surface area contributed by atoms with Gasteiger partial charge in [0, 0.05) is 11.5 Å². The molecule has 0 saturated heterocycles. The average Bonchev–Trinajstić information content (AvgIpc) is 2.76. The number of nitrogens with two attached hydrogens (primary N) is 1. The molecule has 0 aromatic heterocycles. The van der Waals surface area contributed by atoms with Crippen LogP contribution in [0, 0.1) is 11.7 Å². The van der Waals surface area contributed by atoms with Gasteiger partial charge in [-0.1, -0.05) is 31.0 Å². The fourth-order valence-corrected chi connectivity index (χ4v) is 3.58. The predicted molar refractivity (Wildman–Crippen MR) is 62.6 cm³/mol. The monoisotopic (exact) mass is 219 g/mol. The normalized spacial score (nSPS) is 34.2. The van der Waals surface area contributed by atoms with E-state index in [1.807, 2.05) is 12.1 Å².